The lowest BCUT2D eigenvalue weighted by molar-refractivity contribution is -0.158. The summed E-state index contributed by atoms with van der Waals surface area (Å²) in [5, 5.41) is 0.977. The number of morpholine rings is 1. The summed E-state index contributed by atoms with van der Waals surface area (Å²) in [6, 6.07) is 0. The normalized spacial score (nSPS) is 24.5. The van der Waals surface area contributed by atoms with Crippen LogP contribution in [0.2, 0.25) is 0 Å². The maximum absolute atomic E-state index is 12.0. The second-order valence-corrected chi connectivity index (χ2v) is 5.90. The van der Waals surface area contributed by atoms with Crippen molar-refractivity contribution < 1.29 is 9.53 Å². The van der Waals surface area contributed by atoms with Crippen LogP contribution in [0.25, 0.3) is 0 Å². The molecule has 0 aromatic heterocycles. The van der Waals surface area contributed by atoms with Crippen LogP contribution in [0, 0.1) is 0 Å². The van der Waals surface area contributed by atoms with E-state index in [1.807, 2.05) is 25.7 Å². The second kappa shape index (κ2) is 6.01. The van der Waals surface area contributed by atoms with Gasteiger partial charge in [0.05, 0.1) is 11.7 Å². The van der Waals surface area contributed by atoms with Crippen LogP contribution in [0.4, 0.5) is 0 Å². The largest absolute Gasteiger partial charge is 0.369 e. The maximum Gasteiger partial charge on any atom is 0.222 e. The first-order chi connectivity index (χ1) is 7.44. The summed E-state index contributed by atoms with van der Waals surface area (Å²) >= 11 is 3.38. The van der Waals surface area contributed by atoms with E-state index in [9.17, 15) is 4.79 Å². The summed E-state index contributed by atoms with van der Waals surface area (Å²) < 4.78 is 5.78. The van der Waals surface area contributed by atoms with E-state index in [1.165, 1.54) is 0 Å². The molecule has 0 bridgehead atoms. The molecular formula is C12H22BrNO2. The van der Waals surface area contributed by atoms with Crippen LogP contribution in [0.15, 0.2) is 0 Å². The van der Waals surface area contributed by atoms with Crippen molar-refractivity contribution in [3.05, 3.63) is 0 Å². The van der Waals surface area contributed by atoms with Crippen LogP contribution in [0.5, 0.6) is 0 Å². The highest BCUT2D eigenvalue weighted by Crippen LogP contribution is 2.21. The molecule has 1 unspecified atom stereocenters. The lowest BCUT2D eigenvalue weighted by Crippen LogP contribution is -2.53. The molecule has 0 aromatic carbocycles. The standard InChI is InChI=1S/C12H22BrNO2/c1-10-8-14(9-12(2,3)16-10)11(15)6-4-5-7-13/h10H,4-9H2,1-3H3. The van der Waals surface area contributed by atoms with Crippen LogP contribution in [-0.2, 0) is 9.53 Å². The van der Waals surface area contributed by atoms with Gasteiger partial charge in [-0.2, -0.15) is 0 Å². The predicted molar refractivity (Wildman–Crippen MR) is 68.9 cm³/mol. The molecule has 3 nitrogen and oxygen atoms in total. The molecule has 94 valence electrons. The summed E-state index contributed by atoms with van der Waals surface area (Å²) in [4.78, 5) is 13.9. The summed E-state index contributed by atoms with van der Waals surface area (Å²) in [6.45, 7) is 7.56. The van der Waals surface area contributed by atoms with Crippen LogP contribution in [0.3, 0.4) is 0 Å². The molecule has 1 fully saturated rings. The van der Waals surface area contributed by atoms with Crippen LogP contribution in [0.1, 0.15) is 40.0 Å². The number of carbonyl (C=O) groups excluding carboxylic acids is 1. The van der Waals surface area contributed by atoms with Crippen molar-refractivity contribution >= 4 is 21.8 Å². The van der Waals surface area contributed by atoms with Gasteiger partial charge in [0.25, 0.3) is 0 Å². The van der Waals surface area contributed by atoms with Gasteiger partial charge in [0, 0.05) is 24.8 Å². The predicted octanol–water partition coefficient (Wildman–Crippen LogP) is 2.58. The number of carbonyl (C=O) groups is 1. The Labute approximate surface area is 107 Å². The van der Waals surface area contributed by atoms with E-state index in [4.69, 9.17) is 4.74 Å². The SMILES string of the molecule is CC1CN(C(=O)CCCCBr)CC(C)(C)O1. The quantitative estimate of drug-likeness (QED) is 0.589. The fourth-order valence-corrected chi connectivity index (χ4v) is 2.57. The van der Waals surface area contributed by atoms with Crippen molar-refractivity contribution in [3.8, 4) is 0 Å². The molecule has 0 saturated carbocycles. The Kier molecular flexibility index (Phi) is 5.25. The number of unbranched alkanes of at least 4 members (excludes halogenated alkanes) is 1. The van der Waals surface area contributed by atoms with Gasteiger partial charge in [0.2, 0.25) is 5.91 Å². The van der Waals surface area contributed by atoms with Crippen molar-refractivity contribution in [1.82, 2.24) is 4.90 Å². The molecular weight excluding hydrogens is 270 g/mol. The van der Waals surface area contributed by atoms with E-state index in [0.29, 0.717) is 13.0 Å². The Balaban J connectivity index is 2.43. The third-order valence-electron chi connectivity index (χ3n) is 2.70. The summed E-state index contributed by atoms with van der Waals surface area (Å²) in [5.41, 5.74) is -0.206. The van der Waals surface area contributed by atoms with Gasteiger partial charge in [-0.05, 0) is 33.6 Å². The lowest BCUT2D eigenvalue weighted by atomic mass is 10.0. The molecule has 1 heterocycles. The third-order valence-corrected chi connectivity index (χ3v) is 3.26. The topological polar surface area (TPSA) is 29.5 Å². The molecule has 1 saturated heterocycles. The summed E-state index contributed by atoms with van der Waals surface area (Å²) in [7, 11) is 0. The third kappa shape index (κ3) is 4.42. The number of alkyl halides is 1. The zero-order valence-corrected chi connectivity index (χ0v) is 12.0. The smallest absolute Gasteiger partial charge is 0.222 e. The van der Waals surface area contributed by atoms with Gasteiger partial charge in [-0.25, -0.2) is 0 Å². The first kappa shape index (κ1) is 14.0. The molecule has 0 aromatic rings. The van der Waals surface area contributed by atoms with E-state index in [-0.39, 0.29) is 17.6 Å². The van der Waals surface area contributed by atoms with Crippen molar-refractivity contribution in [2.24, 2.45) is 0 Å². The van der Waals surface area contributed by atoms with Crippen molar-refractivity contribution in [3.63, 3.8) is 0 Å². The minimum absolute atomic E-state index is 0.142. The molecule has 0 N–H and O–H groups in total. The second-order valence-electron chi connectivity index (χ2n) is 5.11. The molecule has 1 atom stereocenters. The van der Waals surface area contributed by atoms with Gasteiger partial charge >= 0.3 is 0 Å². The molecule has 1 amide bonds. The summed E-state index contributed by atoms with van der Waals surface area (Å²) in [6.07, 6.45) is 2.84. The van der Waals surface area contributed by atoms with Crippen LogP contribution < -0.4 is 0 Å². The average Bonchev–Trinajstić information content (AvgIpc) is 2.14. The van der Waals surface area contributed by atoms with Gasteiger partial charge in [0.1, 0.15) is 0 Å². The molecule has 1 aliphatic rings. The molecule has 0 aliphatic carbocycles. The number of amides is 1. The Hall–Kier alpha value is -0.0900. The number of hydrogen-bond donors (Lipinski definition) is 0. The van der Waals surface area contributed by atoms with Gasteiger partial charge in [-0.1, -0.05) is 15.9 Å². The minimum atomic E-state index is -0.206. The fraction of sp³-hybridized carbons (Fsp3) is 0.917. The zero-order chi connectivity index (χ0) is 12.2. The highest BCUT2D eigenvalue weighted by molar-refractivity contribution is 9.09. The highest BCUT2D eigenvalue weighted by Gasteiger charge is 2.33. The van der Waals surface area contributed by atoms with E-state index in [0.717, 1.165) is 24.7 Å². The van der Waals surface area contributed by atoms with Crippen LogP contribution >= 0.6 is 15.9 Å². The average molecular weight is 292 g/mol. The van der Waals surface area contributed by atoms with Crippen molar-refractivity contribution in [2.75, 3.05) is 18.4 Å². The van der Waals surface area contributed by atoms with E-state index in [2.05, 4.69) is 15.9 Å². The van der Waals surface area contributed by atoms with Gasteiger partial charge in [0.15, 0.2) is 0 Å². The van der Waals surface area contributed by atoms with E-state index in [1.54, 1.807) is 0 Å². The van der Waals surface area contributed by atoms with Gasteiger partial charge in [-0.15, -0.1) is 0 Å². The number of hydrogen-bond acceptors (Lipinski definition) is 2. The first-order valence-electron chi connectivity index (χ1n) is 5.96. The van der Waals surface area contributed by atoms with Crippen molar-refractivity contribution in [1.29, 1.82) is 0 Å². The van der Waals surface area contributed by atoms with Crippen LogP contribution in [-0.4, -0.2) is 40.9 Å². The number of nitrogens with zero attached hydrogens (tertiary/aromatic N) is 1. The molecule has 1 rings (SSSR count). The fourth-order valence-electron chi connectivity index (χ4n) is 2.17. The zero-order valence-electron chi connectivity index (χ0n) is 10.5. The molecule has 1 aliphatic heterocycles. The molecule has 0 radical (unpaired) electrons. The number of ether oxygens (including phenoxy) is 1. The lowest BCUT2D eigenvalue weighted by Gasteiger charge is -2.41. The number of halogens is 1. The van der Waals surface area contributed by atoms with Gasteiger partial charge in [-0.3, -0.25) is 4.79 Å². The number of rotatable bonds is 4. The van der Waals surface area contributed by atoms with Crippen molar-refractivity contribution in [2.45, 2.75) is 51.7 Å². The molecule has 0 spiro atoms. The Morgan fingerprint density at radius 2 is 2.19 bits per heavy atom. The monoisotopic (exact) mass is 291 g/mol. The summed E-state index contributed by atoms with van der Waals surface area (Å²) in [5.74, 6) is 0.268. The maximum atomic E-state index is 12.0. The Morgan fingerprint density at radius 3 is 2.75 bits per heavy atom. The van der Waals surface area contributed by atoms with Gasteiger partial charge < -0.3 is 9.64 Å². The first-order valence-corrected chi connectivity index (χ1v) is 7.08. The Bertz CT molecular complexity index is 243. The molecule has 4 heteroatoms. The van der Waals surface area contributed by atoms with E-state index < -0.39 is 0 Å². The highest BCUT2D eigenvalue weighted by atomic mass is 79.9. The van der Waals surface area contributed by atoms with E-state index >= 15 is 0 Å². The minimum Gasteiger partial charge on any atom is -0.369 e. The molecule has 16 heavy (non-hydrogen) atoms. The Morgan fingerprint density at radius 1 is 1.50 bits per heavy atom.